The van der Waals surface area contributed by atoms with Crippen molar-refractivity contribution in [1.29, 1.82) is 0 Å². The van der Waals surface area contributed by atoms with Gasteiger partial charge < -0.3 is 21.1 Å². The largest absolute Gasteiger partial charge is 0.479 e. The number of primary amides is 1. The van der Waals surface area contributed by atoms with Gasteiger partial charge in [0.2, 0.25) is 11.8 Å². The van der Waals surface area contributed by atoms with Crippen molar-refractivity contribution < 1.29 is 19.1 Å². The highest BCUT2D eigenvalue weighted by Crippen LogP contribution is 2.46. The Hall–Kier alpha value is -3.07. The SMILES string of the molecule is COc1n[nH]c(C(=O)N[C@@H]2Cc3ccccc3[C@H]2NC(=O)C2(C(N)=O)CC2)c1Cl. The zero-order chi connectivity index (χ0) is 20.8. The second-order valence-corrected chi connectivity index (χ2v) is 7.68. The topological polar surface area (TPSA) is 139 Å². The van der Waals surface area contributed by atoms with E-state index in [2.05, 4.69) is 20.8 Å². The lowest BCUT2D eigenvalue weighted by molar-refractivity contribution is -0.136. The third kappa shape index (κ3) is 3.21. The number of aromatic nitrogens is 2. The van der Waals surface area contributed by atoms with Crippen LogP contribution in [0.3, 0.4) is 0 Å². The van der Waals surface area contributed by atoms with Crippen LogP contribution in [0.15, 0.2) is 24.3 Å². The number of carbonyl (C=O) groups excluding carboxylic acids is 3. The molecule has 1 aromatic carbocycles. The molecule has 152 valence electrons. The maximum Gasteiger partial charge on any atom is 0.271 e. The summed E-state index contributed by atoms with van der Waals surface area (Å²) in [5.74, 6) is -1.39. The van der Waals surface area contributed by atoms with Crippen molar-refractivity contribution >= 4 is 29.3 Å². The summed E-state index contributed by atoms with van der Waals surface area (Å²) >= 11 is 6.12. The second kappa shape index (κ2) is 7.07. The number of rotatable bonds is 6. The molecule has 1 saturated carbocycles. The van der Waals surface area contributed by atoms with E-state index in [-0.39, 0.29) is 16.6 Å². The van der Waals surface area contributed by atoms with E-state index in [1.165, 1.54) is 7.11 Å². The Kier molecular flexibility index (Phi) is 4.70. The lowest BCUT2D eigenvalue weighted by Gasteiger charge is -2.24. The van der Waals surface area contributed by atoms with Crippen LogP contribution in [0.5, 0.6) is 5.88 Å². The molecule has 0 bridgehead atoms. The summed E-state index contributed by atoms with van der Waals surface area (Å²) in [6.45, 7) is 0. The van der Waals surface area contributed by atoms with Crippen LogP contribution in [-0.2, 0) is 16.0 Å². The Morgan fingerprint density at radius 3 is 2.62 bits per heavy atom. The molecule has 2 atom stereocenters. The molecule has 29 heavy (non-hydrogen) atoms. The van der Waals surface area contributed by atoms with Crippen molar-refractivity contribution in [2.24, 2.45) is 11.1 Å². The highest BCUT2D eigenvalue weighted by atomic mass is 35.5. The van der Waals surface area contributed by atoms with Gasteiger partial charge in [0.05, 0.1) is 19.2 Å². The molecule has 0 radical (unpaired) electrons. The lowest BCUT2D eigenvalue weighted by atomic mass is 10.0. The molecule has 0 saturated heterocycles. The first-order chi connectivity index (χ1) is 13.9. The molecule has 9 nitrogen and oxygen atoms in total. The van der Waals surface area contributed by atoms with E-state index >= 15 is 0 Å². The maximum absolute atomic E-state index is 12.8. The summed E-state index contributed by atoms with van der Waals surface area (Å²) in [6.07, 6.45) is 1.38. The third-order valence-corrected chi connectivity index (χ3v) is 5.94. The van der Waals surface area contributed by atoms with Crippen LogP contribution in [0.1, 0.15) is 40.5 Å². The Morgan fingerprint density at radius 1 is 1.28 bits per heavy atom. The minimum atomic E-state index is -1.15. The summed E-state index contributed by atoms with van der Waals surface area (Å²) in [7, 11) is 1.40. The van der Waals surface area contributed by atoms with E-state index in [0.717, 1.165) is 11.1 Å². The van der Waals surface area contributed by atoms with E-state index in [0.29, 0.717) is 19.3 Å². The number of ether oxygens (including phenoxy) is 1. The van der Waals surface area contributed by atoms with Crippen molar-refractivity contribution in [3.05, 3.63) is 46.1 Å². The molecule has 2 aromatic rings. The van der Waals surface area contributed by atoms with Crippen molar-refractivity contribution in [2.75, 3.05) is 7.11 Å². The van der Waals surface area contributed by atoms with Gasteiger partial charge in [-0.05, 0) is 30.4 Å². The van der Waals surface area contributed by atoms with Gasteiger partial charge in [-0.25, -0.2) is 0 Å². The van der Waals surface area contributed by atoms with Crippen LogP contribution in [0.25, 0.3) is 0 Å². The number of halogens is 1. The van der Waals surface area contributed by atoms with Crippen molar-refractivity contribution in [1.82, 2.24) is 20.8 Å². The first-order valence-corrected chi connectivity index (χ1v) is 9.52. The minimum absolute atomic E-state index is 0.0698. The highest BCUT2D eigenvalue weighted by molar-refractivity contribution is 6.34. The highest BCUT2D eigenvalue weighted by Gasteiger charge is 2.56. The van der Waals surface area contributed by atoms with Crippen LogP contribution < -0.4 is 21.1 Å². The van der Waals surface area contributed by atoms with Crippen LogP contribution in [-0.4, -0.2) is 41.1 Å². The number of benzene rings is 1. The average molecular weight is 418 g/mol. The molecular formula is C19H20ClN5O4. The van der Waals surface area contributed by atoms with Crippen LogP contribution in [0, 0.1) is 5.41 Å². The second-order valence-electron chi connectivity index (χ2n) is 7.30. The smallest absolute Gasteiger partial charge is 0.271 e. The van der Waals surface area contributed by atoms with E-state index < -0.39 is 35.2 Å². The fraction of sp³-hybridized carbons (Fsp3) is 0.368. The first-order valence-electron chi connectivity index (χ1n) is 9.15. The van der Waals surface area contributed by atoms with Gasteiger partial charge in [-0.3, -0.25) is 19.5 Å². The molecule has 2 aliphatic rings. The number of methoxy groups -OCH3 is 1. The van der Waals surface area contributed by atoms with E-state index in [1.807, 2.05) is 24.3 Å². The van der Waals surface area contributed by atoms with E-state index in [4.69, 9.17) is 22.1 Å². The molecule has 0 unspecified atom stereocenters. The maximum atomic E-state index is 12.8. The number of nitrogens with one attached hydrogen (secondary N) is 3. The number of amides is 3. The number of nitrogens with two attached hydrogens (primary N) is 1. The van der Waals surface area contributed by atoms with Gasteiger partial charge in [0.1, 0.15) is 16.1 Å². The number of H-pyrrole nitrogens is 1. The Morgan fingerprint density at radius 2 is 2.00 bits per heavy atom. The molecule has 3 amide bonds. The monoisotopic (exact) mass is 417 g/mol. The van der Waals surface area contributed by atoms with Gasteiger partial charge in [-0.1, -0.05) is 35.9 Å². The number of carbonyl (C=O) groups is 3. The summed E-state index contributed by atoms with van der Waals surface area (Å²) in [6, 6.07) is 6.65. The summed E-state index contributed by atoms with van der Waals surface area (Å²) in [4.78, 5) is 37.2. The first kappa shape index (κ1) is 19.3. The molecule has 10 heteroatoms. The molecule has 1 fully saturated rings. The van der Waals surface area contributed by atoms with Crippen LogP contribution in [0.2, 0.25) is 5.02 Å². The predicted octanol–water partition coefficient (Wildman–Crippen LogP) is 0.849. The fourth-order valence-electron chi connectivity index (χ4n) is 3.74. The number of nitrogens with zero attached hydrogens (tertiary/aromatic N) is 1. The molecule has 0 aliphatic heterocycles. The number of hydrogen-bond donors (Lipinski definition) is 4. The summed E-state index contributed by atoms with van der Waals surface area (Å²) in [5, 5.41) is 12.3. The van der Waals surface area contributed by atoms with Gasteiger partial charge >= 0.3 is 0 Å². The molecule has 5 N–H and O–H groups in total. The molecule has 2 aliphatic carbocycles. The lowest BCUT2D eigenvalue weighted by Crippen LogP contribution is -2.48. The van der Waals surface area contributed by atoms with E-state index in [9.17, 15) is 14.4 Å². The van der Waals surface area contributed by atoms with Crippen molar-refractivity contribution in [3.8, 4) is 5.88 Å². The predicted molar refractivity (Wildman–Crippen MR) is 103 cm³/mol. The third-order valence-electron chi connectivity index (χ3n) is 5.59. The zero-order valence-corrected chi connectivity index (χ0v) is 16.4. The van der Waals surface area contributed by atoms with Gasteiger partial charge in [0.15, 0.2) is 0 Å². The molecule has 1 aromatic heterocycles. The van der Waals surface area contributed by atoms with Gasteiger partial charge in [0, 0.05) is 0 Å². The number of fused-ring (bicyclic) bond motifs is 1. The van der Waals surface area contributed by atoms with Gasteiger partial charge in [-0.2, -0.15) is 0 Å². The summed E-state index contributed by atoms with van der Waals surface area (Å²) < 4.78 is 4.98. The van der Waals surface area contributed by atoms with Crippen LogP contribution in [0.4, 0.5) is 0 Å². The van der Waals surface area contributed by atoms with Gasteiger partial charge in [0.25, 0.3) is 11.8 Å². The number of aromatic amines is 1. The minimum Gasteiger partial charge on any atom is -0.479 e. The summed E-state index contributed by atoms with van der Waals surface area (Å²) in [5.41, 5.74) is 6.23. The number of hydrogen-bond acceptors (Lipinski definition) is 5. The zero-order valence-electron chi connectivity index (χ0n) is 15.6. The Labute approximate surface area is 171 Å². The molecule has 4 rings (SSSR count). The van der Waals surface area contributed by atoms with Crippen molar-refractivity contribution in [2.45, 2.75) is 31.3 Å². The molecule has 0 spiro atoms. The Balaban J connectivity index is 1.57. The normalized spacial score (nSPS) is 21.2. The van der Waals surface area contributed by atoms with E-state index in [1.54, 1.807) is 0 Å². The van der Waals surface area contributed by atoms with Gasteiger partial charge in [-0.15, -0.1) is 5.10 Å². The average Bonchev–Trinajstić information content (AvgIpc) is 3.35. The quantitative estimate of drug-likeness (QED) is 0.516. The molecular weight excluding hydrogens is 398 g/mol. The standard InChI is InChI=1S/C19H20ClN5O4/c1-29-16-12(20)14(24-25-16)15(26)22-11-8-9-4-2-3-5-10(9)13(11)23-18(28)19(6-7-19)17(21)27/h2-5,11,13H,6-8H2,1H3,(H2,21,27)(H,22,26)(H,23,28)(H,24,25)/t11-,13-/m1/s1. The molecule has 1 heterocycles. The van der Waals surface area contributed by atoms with Crippen molar-refractivity contribution in [3.63, 3.8) is 0 Å². The Bertz CT molecular complexity index is 1000. The fourth-order valence-corrected chi connectivity index (χ4v) is 3.98. The van der Waals surface area contributed by atoms with Crippen LogP contribution >= 0.6 is 11.6 Å².